The Morgan fingerprint density at radius 1 is 0.824 bits per heavy atom. The molecule has 0 bridgehead atoms. The Balaban J connectivity index is 1.36. The molecular weight excluding hydrogens is 638 g/mol. The summed E-state index contributed by atoms with van der Waals surface area (Å²) in [6.07, 6.45) is 8.57. The molecule has 11 unspecified atom stereocenters. The lowest BCUT2D eigenvalue weighted by molar-refractivity contribution is -0.898. The predicted octanol–water partition coefficient (Wildman–Crippen LogP) is 7.91. The molecule has 6 rings (SSSR count). The van der Waals surface area contributed by atoms with Gasteiger partial charge in [-0.2, -0.15) is 0 Å². The number of anilines is 2. The zero-order chi connectivity index (χ0) is 36.6. The highest BCUT2D eigenvalue weighted by Crippen LogP contribution is 2.68. The summed E-state index contributed by atoms with van der Waals surface area (Å²) >= 11 is 0. The van der Waals surface area contributed by atoms with Crippen LogP contribution in [-0.4, -0.2) is 68.9 Å². The molecule has 4 aliphatic carbocycles. The second-order valence-electron chi connectivity index (χ2n) is 17.7. The highest BCUT2D eigenvalue weighted by atomic mass is 16.5. The lowest BCUT2D eigenvalue weighted by atomic mass is 9.42. The zero-order valence-corrected chi connectivity index (χ0v) is 31.9. The van der Waals surface area contributed by atoms with E-state index < -0.39 is 0 Å². The first-order valence-electron chi connectivity index (χ1n) is 19.4. The van der Waals surface area contributed by atoms with Crippen molar-refractivity contribution in [1.82, 2.24) is 10.6 Å². The summed E-state index contributed by atoms with van der Waals surface area (Å²) in [6.45, 7) is 7.23. The van der Waals surface area contributed by atoms with Crippen molar-refractivity contribution in [3.63, 3.8) is 0 Å². The molecular formula is C42H62N5O4+. The molecule has 9 nitrogen and oxygen atoms in total. The maximum absolute atomic E-state index is 13.9. The Morgan fingerprint density at radius 2 is 1.43 bits per heavy atom. The number of carbonyl (C=O) groups excluding carboxylic acids is 3. The van der Waals surface area contributed by atoms with Gasteiger partial charge in [0.25, 0.3) is 0 Å². The molecule has 4 saturated carbocycles. The Bertz CT molecular complexity index is 1530. The van der Waals surface area contributed by atoms with Gasteiger partial charge in [0, 0.05) is 36.3 Å². The Hall–Kier alpha value is -3.59. The summed E-state index contributed by atoms with van der Waals surface area (Å²) in [5.41, 5.74) is 1.45. The van der Waals surface area contributed by atoms with Crippen LogP contribution in [0.4, 0.5) is 21.0 Å². The number of hydrogen-bond acceptors (Lipinski definition) is 4. The molecule has 9 heteroatoms. The molecule has 0 aliphatic heterocycles. The largest absolute Gasteiger partial charge is 0.469 e. The van der Waals surface area contributed by atoms with Crippen LogP contribution in [-0.2, 0) is 9.53 Å². The van der Waals surface area contributed by atoms with Crippen molar-refractivity contribution in [3.05, 3.63) is 60.7 Å². The van der Waals surface area contributed by atoms with Crippen LogP contribution in [0.1, 0.15) is 78.6 Å². The smallest absolute Gasteiger partial charge is 0.319 e. The first-order valence-corrected chi connectivity index (χ1v) is 19.4. The number of esters is 1. The lowest BCUT2D eigenvalue weighted by Gasteiger charge is -2.65. The number of nitrogens with one attached hydrogen (secondary N) is 4. The molecule has 51 heavy (non-hydrogen) atoms. The number of para-hydroxylation sites is 2. The zero-order valence-electron chi connectivity index (χ0n) is 31.9. The molecule has 0 spiro atoms. The van der Waals surface area contributed by atoms with E-state index >= 15 is 0 Å². The topological polar surface area (TPSA) is 109 Å². The second-order valence-corrected chi connectivity index (χ2v) is 17.7. The highest BCUT2D eigenvalue weighted by molar-refractivity contribution is 5.90. The van der Waals surface area contributed by atoms with E-state index in [2.05, 4.69) is 63.2 Å². The van der Waals surface area contributed by atoms with Gasteiger partial charge >= 0.3 is 18.0 Å². The van der Waals surface area contributed by atoms with Gasteiger partial charge in [-0.25, -0.2) is 9.59 Å². The average Bonchev–Trinajstić information content (AvgIpc) is 3.45. The number of fused-ring (bicyclic) bond motifs is 5. The maximum Gasteiger partial charge on any atom is 0.319 e. The number of rotatable bonds is 9. The number of ether oxygens (including phenoxy) is 1. The monoisotopic (exact) mass is 700 g/mol. The normalized spacial score (nSPS) is 34.9. The fraction of sp³-hybridized carbons (Fsp3) is 0.643. The van der Waals surface area contributed by atoms with E-state index in [1.165, 1.54) is 13.5 Å². The van der Waals surface area contributed by atoms with E-state index in [0.717, 1.165) is 60.8 Å². The number of methoxy groups -OCH3 is 1. The summed E-state index contributed by atoms with van der Waals surface area (Å²) in [4.78, 5) is 39.9. The predicted molar refractivity (Wildman–Crippen MR) is 203 cm³/mol. The number of carbonyl (C=O) groups is 3. The minimum atomic E-state index is -0.219. The van der Waals surface area contributed by atoms with Crippen molar-refractivity contribution >= 4 is 29.4 Å². The standard InChI is InChI=1S/C42H61N5O4/c1-27(18-21-37(48)51-7)32-19-20-33-38-34(26-36(42(32,33)3)46-40(50)44-30-16-12-9-13-17-30)41(2)23-22-31(47(4,5)6)24-28(41)25-35(38)45-39(49)43-29-14-10-8-11-15-29/h8-17,27-28,31-36,38H,18-26H2,1-7H3,(H3-,43,44,45,46,49,50)/p+1. The highest BCUT2D eigenvalue weighted by Gasteiger charge is 2.66. The van der Waals surface area contributed by atoms with Crippen molar-refractivity contribution < 1.29 is 23.6 Å². The molecule has 0 radical (unpaired) electrons. The molecule has 2 aromatic carbocycles. The van der Waals surface area contributed by atoms with Crippen LogP contribution < -0.4 is 21.3 Å². The molecule has 4 aliphatic rings. The van der Waals surface area contributed by atoms with E-state index in [9.17, 15) is 14.4 Å². The number of amides is 4. The summed E-state index contributed by atoms with van der Waals surface area (Å²) in [5, 5.41) is 13.4. The molecule has 0 aromatic heterocycles. The number of quaternary nitrogens is 1. The third kappa shape index (κ3) is 7.51. The summed E-state index contributed by atoms with van der Waals surface area (Å²) in [7, 11) is 8.41. The van der Waals surface area contributed by atoms with Gasteiger partial charge in [-0.1, -0.05) is 57.2 Å². The SMILES string of the molecule is COC(=O)CCC(C)C1CCC2C3C(NC(=O)Nc4ccccc4)CC4CC([N+](C)(C)C)CCC4(C)C3CC(NC(=O)Nc3ccccc3)C12C. The molecule has 4 amide bonds. The molecule has 2 aromatic rings. The Kier molecular flexibility index (Phi) is 10.8. The van der Waals surface area contributed by atoms with Crippen molar-refractivity contribution in [3.8, 4) is 0 Å². The van der Waals surface area contributed by atoms with Gasteiger partial charge in [-0.3, -0.25) is 4.79 Å². The van der Waals surface area contributed by atoms with E-state index in [4.69, 9.17) is 4.74 Å². The average molecular weight is 701 g/mol. The van der Waals surface area contributed by atoms with Gasteiger partial charge in [0.1, 0.15) is 0 Å². The van der Waals surface area contributed by atoms with Crippen LogP contribution in [0, 0.1) is 46.3 Å². The Labute approximate surface area is 305 Å². The van der Waals surface area contributed by atoms with Gasteiger partial charge in [0.05, 0.1) is 34.3 Å². The number of nitrogens with zero attached hydrogens (tertiary/aromatic N) is 1. The first-order chi connectivity index (χ1) is 24.2. The summed E-state index contributed by atoms with van der Waals surface area (Å²) in [6, 6.07) is 19.6. The third-order valence-electron chi connectivity index (χ3n) is 14.4. The fourth-order valence-electron chi connectivity index (χ4n) is 11.6. The minimum absolute atomic E-state index is 0.0237. The van der Waals surface area contributed by atoms with Crippen molar-refractivity contribution in [2.75, 3.05) is 38.9 Å². The third-order valence-corrected chi connectivity index (χ3v) is 14.4. The van der Waals surface area contributed by atoms with Crippen molar-refractivity contribution in [2.45, 2.75) is 96.7 Å². The summed E-state index contributed by atoms with van der Waals surface area (Å²) in [5.74, 6) is 1.82. The molecule has 4 N–H and O–H groups in total. The van der Waals surface area contributed by atoms with Crippen LogP contribution in [0.3, 0.4) is 0 Å². The van der Waals surface area contributed by atoms with Crippen LogP contribution in [0.2, 0.25) is 0 Å². The van der Waals surface area contributed by atoms with Crippen LogP contribution in [0.5, 0.6) is 0 Å². The van der Waals surface area contributed by atoms with Gasteiger partial charge in [-0.05, 0) is 116 Å². The quantitative estimate of drug-likeness (QED) is 0.158. The summed E-state index contributed by atoms with van der Waals surface area (Å²) < 4.78 is 5.98. The maximum atomic E-state index is 13.9. The van der Waals surface area contributed by atoms with Crippen molar-refractivity contribution in [1.29, 1.82) is 0 Å². The minimum Gasteiger partial charge on any atom is -0.469 e. The first kappa shape index (κ1) is 37.2. The van der Waals surface area contributed by atoms with Crippen LogP contribution in [0.25, 0.3) is 0 Å². The molecule has 4 fully saturated rings. The molecule has 0 saturated heterocycles. The fourth-order valence-corrected chi connectivity index (χ4v) is 11.6. The van der Waals surface area contributed by atoms with Gasteiger partial charge in [0.15, 0.2) is 0 Å². The van der Waals surface area contributed by atoms with E-state index in [0.29, 0.717) is 36.1 Å². The van der Waals surface area contributed by atoms with E-state index in [1.54, 1.807) is 0 Å². The van der Waals surface area contributed by atoms with Gasteiger partial charge < -0.3 is 30.5 Å². The van der Waals surface area contributed by atoms with Crippen LogP contribution >= 0.6 is 0 Å². The Morgan fingerprint density at radius 3 is 2.02 bits per heavy atom. The number of benzene rings is 2. The van der Waals surface area contributed by atoms with E-state index in [1.807, 2.05) is 60.7 Å². The molecule has 11 atom stereocenters. The molecule has 0 heterocycles. The van der Waals surface area contributed by atoms with Crippen LogP contribution in [0.15, 0.2) is 60.7 Å². The second kappa shape index (κ2) is 14.8. The number of urea groups is 2. The molecule has 278 valence electrons. The number of hydrogen-bond donors (Lipinski definition) is 4. The van der Waals surface area contributed by atoms with Gasteiger partial charge in [-0.15, -0.1) is 0 Å². The van der Waals surface area contributed by atoms with Crippen molar-refractivity contribution in [2.24, 2.45) is 46.3 Å². The van der Waals surface area contributed by atoms with E-state index in [-0.39, 0.29) is 52.8 Å². The lowest BCUT2D eigenvalue weighted by Crippen LogP contribution is -2.68. The van der Waals surface area contributed by atoms with Gasteiger partial charge in [0.2, 0.25) is 0 Å².